The Hall–Kier alpha value is -1.34. The summed E-state index contributed by atoms with van der Waals surface area (Å²) < 4.78 is 3.21. The summed E-state index contributed by atoms with van der Waals surface area (Å²) in [6.45, 7) is 8.03. The van der Waals surface area contributed by atoms with Gasteiger partial charge in [0, 0.05) is 48.3 Å². The molecule has 0 saturated heterocycles. The third-order valence-corrected chi connectivity index (χ3v) is 5.05. The number of hydrogen-bond acceptors (Lipinski definition) is 3. The van der Waals surface area contributed by atoms with Gasteiger partial charge in [-0.3, -0.25) is 4.99 Å². The Kier molecular flexibility index (Phi) is 6.09. The number of nitrogens with zero attached hydrogens (tertiary/aromatic N) is 4. The van der Waals surface area contributed by atoms with Crippen LogP contribution < -0.4 is 5.32 Å². The van der Waals surface area contributed by atoms with Gasteiger partial charge in [0.15, 0.2) is 5.96 Å². The van der Waals surface area contributed by atoms with Gasteiger partial charge in [-0.2, -0.15) is 0 Å². The highest BCUT2D eigenvalue weighted by atomic mass is 79.9. The van der Waals surface area contributed by atoms with E-state index in [0.29, 0.717) is 6.54 Å². The Bertz CT molecular complexity index is 711. The lowest BCUT2D eigenvalue weighted by atomic mass is 9.93. The summed E-state index contributed by atoms with van der Waals surface area (Å²) in [7, 11) is 5.90. The average Bonchev–Trinajstić information content (AvgIpc) is 3.06. The molecule has 0 fully saturated rings. The summed E-state index contributed by atoms with van der Waals surface area (Å²) in [5.41, 5.74) is 2.45. The van der Waals surface area contributed by atoms with Gasteiger partial charge >= 0.3 is 0 Å². The number of aromatic nitrogens is 2. The van der Waals surface area contributed by atoms with Crippen molar-refractivity contribution in [2.45, 2.75) is 39.3 Å². The summed E-state index contributed by atoms with van der Waals surface area (Å²) in [5.74, 6) is 0.861. The Morgan fingerprint density at radius 3 is 2.67 bits per heavy atom. The number of thiazole rings is 1. The average molecular weight is 412 g/mol. The van der Waals surface area contributed by atoms with E-state index in [9.17, 15) is 0 Å². The largest absolute Gasteiger partial charge is 0.352 e. The number of aryl methyl sites for hydroxylation is 1. The van der Waals surface area contributed by atoms with E-state index in [1.54, 1.807) is 11.3 Å². The molecule has 0 unspecified atom stereocenters. The van der Waals surface area contributed by atoms with Gasteiger partial charge in [-0.25, -0.2) is 4.98 Å². The molecule has 0 bridgehead atoms. The molecule has 7 heteroatoms. The second-order valence-electron chi connectivity index (χ2n) is 6.89. The van der Waals surface area contributed by atoms with Crippen molar-refractivity contribution in [3.8, 4) is 0 Å². The first-order chi connectivity index (χ1) is 11.2. The fourth-order valence-corrected chi connectivity index (χ4v) is 3.85. The van der Waals surface area contributed by atoms with Crippen molar-refractivity contribution >= 4 is 33.2 Å². The Balaban J connectivity index is 1.97. The van der Waals surface area contributed by atoms with Crippen LogP contribution in [-0.2, 0) is 25.6 Å². The molecule has 0 radical (unpaired) electrons. The maximum absolute atomic E-state index is 4.72. The fraction of sp³-hybridized carbons (Fsp3) is 0.529. The molecular weight excluding hydrogens is 386 g/mol. The SMILES string of the molecule is CN=C(NCc1nc(C(C)(C)C)cs1)N(C)Cc1cc(Br)cn1C. The van der Waals surface area contributed by atoms with Gasteiger partial charge in [-0.1, -0.05) is 20.8 Å². The van der Waals surface area contributed by atoms with Crippen LogP contribution >= 0.6 is 27.3 Å². The van der Waals surface area contributed by atoms with Crippen LogP contribution in [0.4, 0.5) is 0 Å². The Morgan fingerprint density at radius 1 is 1.46 bits per heavy atom. The molecule has 0 aliphatic heterocycles. The topological polar surface area (TPSA) is 45.5 Å². The molecule has 0 spiro atoms. The van der Waals surface area contributed by atoms with Crippen LogP contribution in [0.3, 0.4) is 0 Å². The highest BCUT2D eigenvalue weighted by Gasteiger charge is 2.17. The fourth-order valence-electron chi connectivity index (χ4n) is 2.32. The summed E-state index contributed by atoms with van der Waals surface area (Å²) >= 11 is 5.21. The van der Waals surface area contributed by atoms with E-state index in [4.69, 9.17) is 4.98 Å². The van der Waals surface area contributed by atoms with Crippen LogP contribution in [-0.4, -0.2) is 34.5 Å². The van der Waals surface area contributed by atoms with Gasteiger partial charge in [0.25, 0.3) is 0 Å². The lowest BCUT2D eigenvalue weighted by Gasteiger charge is -2.22. The van der Waals surface area contributed by atoms with Crippen LogP contribution in [0, 0.1) is 0 Å². The van der Waals surface area contributed by atoms with Crippen molar-refractivity contribution in [2.75, 3.05) is 14.1 Å². The van der Waals surface area contributed by atoms with Crippen molar-refractivity contribution in [2.24, 2.45) is 12.0 Å². The van der Waals surface area contributed by atoms with E-state index in [1.807, 2.05) is 21.1 Å². The van der Waals surface area contributed by atoms with Crippen molar-refractivity contribution in [1.82, 2.24) is 19.8 Å². The lowest BCUT2D eigenvalue weighted by Crippen LogP contribution is -2.38. The van der Waals surface area contributed by atoms with Crippen LogP contribution in [0.1, 0.15) is 37.2 Å². The third-order valence-electron chi connectivity index (χ3n) is 3.76. The summed E-state index contributed by atoms with van der Waals surface area (Å²) in [6.07, 6.45) is 2.06. The minimum Gasteiger partial charge on any atom is -0.352 e. The molecule has 0 aliphatic rings. The van der Waals surface area contributed by atoms with E-state index < -0.39 is 0 Å². The second kappa shape index (κ2) is 7.70. The number of aliphatic imine (C=N–C) groups is 1. The highest BCUT2D eigenvalue weighted by molar-refractivity contribution is 9.10. The van der Waals surface area contributed by atoms with Gasteiger partial charge in [-0.05, 0) is 22.0 Å². The first-order valence-corrected chi connectivity index (χ1v) is 9.55. The Morgan fingerprint density at radius 2 is 2.17 bits per heavy atom. The molecule has 0 amide bonds. The zero-order chi connectivity index (χ0) is 17.9. The lowest BCUT2D eigenvalue weighted by molar-refractivity contribution is 0.461. The quantitative estimate of drug-likeness (QED) is 0.615. The number of nitrogens with one attached hydrogen (secondary N) is 1. The predicted octanol–water partition coefficient (Wildman–Crippen LogP) is 3.75. The molecule has 0 saturated carbocycles. The maximum atomic E-state index is 4.72. The summed E-state index contributed by atoms with van der Waals surface area (Å²) in [4.78, 5) is 11.2. The van der Waals surface area contributed by atoms with Crippen molar-refractivity contribution in [3.63, 3.8) is 0 Å². The van der Waals surface area contributed by atoms with Gasteiger partial charge in [0.2, 0.25) is 0 Å². The van der Waals surface area contributed by atoms with Gasteiger partial charge in [0.05, 0.1) is 18.8 Å². The second-order valence-corrected chi connectivity index (χ2v) is 8.75. The third kappa shape index (κ3) is 4.83. The predicted molar refractivity (Wildman–Crippen MR) is 106 cm³/mol. The van der Waals surface area contributed by atoms with Crippen LogP contribution in [0.25, 0.3) is 0 Å². The minimum atomic E-state index is 0.0904. The molecule has 0 atom stereocenters. The molecule has 2 aromatic heterocycles. The summed E-state index contributed by atoms with van der Waals surface area (Å²) in [5, 5.41) is 6.62. The molecule has 5 nitrogen and oxygen atoms in total. The van der Waals surface area contributed by atoms with E-state index in [-0.39, 0.29) is 5.41 Å². The molecule has 24 heavy (non-hydrogen) atoms. The molecular formula is C17H26BrN5S. The van der Waals surface area contributed by atoms with E-state index >= 15 is 0 Å². The van der Waals surface area contributed by atoms with Crippen LogP contribution in [0.15, 0.2) is 27.1 Å². The smallest absolute Gasteiger partial charge is 0.194 e. The van der Waals surface area contributed by atoms with Crippen molar-refractivity contribution < 1.29 is 0 Å². The van der Waals surface area contributed by atoms with Crippen LogP contribution in [0.5, 0.6) is 0 Å². The monoisotopic (exact) mass is 411 g/mol. The van der Waals surface area contributed by atoms with Gasteiger partial charge < -0.3 is 14.8 Å². The molecule has 0 aromatic carbocycles. The highest BCUT2D eigenvalue weighted by Crippen LogP contribution is 2.23. The van der Waals surface area contributed by atoms with E-state index in [0.717, 1.165) is 27.7 Å². The number of rotatable bonds is 4. The van der Waals surface area contributed by atoms with Gasteiger partial charge in [0.1, 0.15) is 5.01 Å². The zero-order valence-corrected chi connectivity index (χ0v) is 17.6. The van der Waals surface area contributed by atoms with Crippen molar-refractivity contribution in [3.05, 3.63) is 38.5 Å². The molecule has 2 heterocycles. The molecule has 132 valence electrons. The molecule has 2 aromatic rings. The standard InChI is InChI=1S/C17H26BrN5S/c1-17(2,3)14-11-24-15(21-14)8-20-16(19-4)23(6)10-13-7-12(18)9-22(13)5/h7,9,11H,8,10H2,1-6H3,(H,19,20). The molecule has 0 aliphatic carbocycles. The number of halogens is 1. The number of guanidine groups is 1. The molecule has 2 rings (SSSR count). The Labute approximate surface area is 156 Å². The number of hydrogen-bond donors (Lipinski definition) is 1. The van der Waals surface area contributed by atoms with Crippen molar-refractivity contribution in [1.29, 1.82) is 0 Å². The van der Waals surface area contributed by atoms with E-state index in [2.05, 4.69) is 74.1 Å². The minimum absolute atomic E-state index is 0.0904. The molecule has 1 N–H and O–H groups in total. The summed E-state index contributed by atoms with van der Waals surface area (Å²) in [6, 6.07) is 2.13. The zero-order valence-electron chi connectivity index (χ0n) is 15.2. The maximum Gasteiger partial charge on any atom is 0.194 e. The first kappa shape index (κ1) is 19.0. The normalized spacial score (nSPS) is 12.5. The van der Waals surface area contributed by atoms with E-state index in [1.165, 1.54) is 5.69 Å². The first-order valence-electron chi connectivity index (χ1n) is 7.88. The van der Waals surface area contributed by atoms with Crippen LogP contribution in [0.2, 0.25) is 0 Å². The van der Waals surface area contributed by atoms with Gasteiger partial charge in [-0.15, -0.1) is 11.3 Å².